The molecule has 1 saturated carbocycles. The molecule has 0 heterocycles. The number of ether oxygens (including phenoxy) is 1. The van der Waals surface area contributed by atoms with Crippen LogP contribution in [-0.4, -0.2) is 37.0 Å². The van der Waals surface area contributed by atoms with Crippen molar-refractivity contribution in [3.05, 3.63) is 12.2 Å². The van der Waals surface area contributed by atoms with Crippen molar-refractivity contribution in [1.82, 2.24) is 4.90 Å². The molecule has 2 aliphatic carbocycles. The van der Waals surface area contributed by atoms with E-state index in [9.17, 15) is 9.59 Å². The minimum absolute atomic E-state index is 0.132. The number of allylic oxidation sites excluding steroid dienone is 2. The second-order valence-corrected chi connectivity index (χ2v) is 5.20. The lowest BCUT2D eigenvalue weighted by Gasteiger charge is -2.24. The van der Waals surface area contributed by atoms with Crippen molar-refractivity contribution in [2.24, 2.45) is 17.8 Å². The molecular weight excluding hydrogens is 230 g/mol. The zero-order valence-electron chi connectivity index (χ0n) is 11.1. The molecule has 0 aromatic heterocycles. The number of hydrogen-bond donors (Lipinski definition) is 0. The van der Waals surface area contributed by atoms with Gasteiger partial charge >= 0.3 is 5.97 Å². The number of fused-ring (bicyclic) bond motifs is 2. The van der Waals surface area contributed by atoms with E-state index in [1.807, 2.05) is 0 Å². The van der Waals surface area contributed by atoms with Crippen LogP contribution in [0.2, 0.25) is 0 Å². The normalized spacial score (nSPS) is 28.4. The highest BCUT2D eigenvalue weighted by atomic mass is 16.5. The van der Waals surface area contributed by atoms with E-state index in [-0.39, 0.29) is 24.2 Å². The molecule has 18 heavy (non-hydrogen) atoms. The second-order valence-electron chi connectivity index (χ2n) is 5.20. The molecule has 3 atom stereocenters. The summed E-state index contributed by atoms with van der Waals surface area (Å²) in [6.07, 6.45) is 6.79. The summed E-state index contributed by atoms with van der Waals surface area (Å²) in [5.74, 6) is 1.10. The first-order chi connectivity index (χ1) is 8.61. The average Bonchev–Trinajstić information content (AvgIpc) is 2.97. The molecule has 1 amide bonds. The predicted octanol–water partition coefficient (Wildman–Crippen LogP) is 1.61. The number of hydrogen-bond acceptors (Lipinski definition) is 3. The van der Waals surface area contributed by atoms with E-state index in [0.717, 1.165) is 12.8 Å². The summed E-state index contributed by atoms with van der Waals surface area (Å²) in [4.78, 5) is 25.2. The third-order valence-electron chi connectivity index (χ3n) is 3.93. The molecule has 2 rings (SSSR count). The van der Waals surface area contributed by atoms with Gasteiger partial charge in [-0.2, -0.15) is 0 Å². The van der Waals surface area contributed by atoms with Crippen LogP contribution in [0.15, 0.2) is 12.2 Å². The Kier molecular flexibility index (Phi) is 4.04. The number of carbonyl (C=O) groups excluding carboxylic acids is 2. The second kappa shape index (κ2) is 5.55. The molecule has 4 heteroatoms. The molecule has 1 fully saturated rings. The van der Waals surface area contributed by atoms with Crippen molar-refractivity contribution in [2.75, 3.05) is 20.2 Å². The largest absolute Gasteiger partial charge is 0.466 e. The molecular formula is C14H21NO3. The van der Waals surface area contributed by atoms with Crippen LogP contribution in [0.25, 0.3) is 0 Å². The molecule has 2 aliphatic rings. The highest BCUT2D eigenvalue weighted by molar-refractivity contribution is 5.80. The maximum atomic E-state index is 12.2. The molecule has 100 valence electrons. The van der Waals surface area contributed by atoms with Gasteiger partial charge in [0.05, 0.1) is 13.0 Å². The number of nitrogens with zero attached hydrogens (tertiary/aromatic N) is 1. The summed E-state index contributed by atoms with van der Waals surface area (Å²) in [5, 5.41) is 0. The number of carbonyl (C=O) groups is 2. The molecule has 3 unspecified atom stereocenters. The smallest absolute Gasteiger partial charge is 0.307 e. The van der Waals surface area contributed by atoms with E-state index in [1.165, 1.54) is 0 Å². The molecule has 4 nitrogen and oxygen atoms in total. The first-order valence-corrected chi connectivity index (χ1v) is 6.70. The van der Waals surface area contributed by atoms with Gasteiger partial charge in [-0.1, -0.05) is 12.2 Å². The first-order valence-electron chi connectivity index (χ1n) is 6.70. The zero-order valence-corrected chi connectivity index (χ0v) is 11.1. The summed E-state index contributed by atoms with van der Waals surface area (Å²) in [7, 11) is 1.78. The average molecular weight is 251 g/mol. The highest BCUT2D eigenvalue weighted by Crippen LogP contribution is 2.43. The molecule has 0 aromatic carbocycles. The fourth-order valence-electron chi connectivity index (χ4n) is 2.95. The Balaban J connectivity index is 1.79. The summed E-state index contributed by atoms with van der Waals surface area (Å²) in [6.45, 7) is 2.64. The SMILES string of the molecule is CCOC(=O)CCN(C)C(=O)C1CC2C=CC1C2. The Morgan fingerprint density at radius 3 is 2.67 bits per heavy atom. The third kappa shape index (κ3) is 2.74. The van der Waals surface area contributed by atoms with Gasteiger partial charge in [0.1, 0.15) is 0 Å². The molecule has 2 bridgehead atoms. The van der Waals surface area contributed by atoms with Gasteiger partial charge in [-0.25, -0.2) is 0 Å². The fraction of sp³-hybridized carbons (Fsp3) is 0.714. The van der Waals surface area contributed by atoms with E-state index in [1.54, 1.807) is 18.9 Å². The van der Waals surface area contributed by atoms with Gasteiger partial charge in [0.2, 0.25) is 5.91 Å². The van der Waals surface area contributed by atoms with E-state index < -0.39 is 0 Å². The van der Waals surface area contributed by atoms with Gasteiger partial charge in [-0.15, -0.1) is 0 Å². The van der Waals surface area contributed by atoms with Crippen molar-refractivity contribution in [3.8, 4) is 0 Å². The molecule has 0 N–H and O–H groups in total. The van der Waals surface area contributed by atoms with Crippen LogP contribution in [0.5, 0.6) is 0 Å². The summed E-state index contributed by atoms with van der Waals surface area (Å²) in [6, 6.07) is 0. The van der Waals surface area contributed by atoms with E-state index in [4.69, 9.17) is 4.74 Å². The van der Waals surface area contributed by atoms with Gasteiger partial charge in [-0.3, -0.25) is 9.59 Å². The molecule has 0 radical (unpaired) electrons. The Morgan fingerprint density at radius 1 is 1.33 bits per heavy atom. The Hall–Kier alpha value is -1.32. The van der Waals surface area contributed by atoms with Crippen LogP contribution in [-0.2, 0) is 14.3 Å². The van der Waals surface area contributed by atoms with Gasteiger partial charge in [0.15, 0.2) is 0 Å². The monoisotopic (exact) mass is 251 g/mol. The predicted molar refractivity (Wildman–Crippen MR) is 67.7 cm³/mol. The minimum Gasteiger partial charge on any atom is -0.466 e. The third-order valence-corrected chi connectivity index (χ3v) is 3.93. The number of amides is 1. The van der Waals surface area contributed by atoms with E-state index in [0.29, 0.717) is 25.0 Å². The van der Waals surface area contributed by atoms with Crippen molar-refractivity contribution >= 4 is 11.9 Å². The lowest BCUT2D eigenvalue weighted by molar-refractivity contribution is -0.144. The zero-order chi connectivity index (χ0) is 13.1. The van der Waals surface area contributed by atoms with Crippen LogP contribution in [0, 0.1) is 17.8 Å². The van der Waals surface area contributed by atoms with Gasteiger partial charge in [0, 0.05) is 19.5 Å². The van der Waals surface area contributed by atoms with Crippen LogP contribution >= 0.6 is 0 Å². The highest BCUT2D eigenvalue weighted by Gasteiger charge is 2.40. The van der Waals surface area contributed by atoms with Crippen LogP contribution in [0.4, 0.5) is 0 Å². The Labute approximate surface area is 108 Å². The van der Waals surface area contributed by atoms with Gasteiger partial charge in [0.25, 0.3) is 0 Å². The number of rotatable bonds is 5. The standard InChI is InChI=1S/C14H21NO3/c1-3-18-13(16)6-7-15(2)14(17)12-9-10-4-5-11(12)8-10/h4-5,10-12H,3,6-9H2,1-2H3. The van der Waals surface area contributed by atoms with E-state index >= 15 is 0 Å². The Bertz CT molecular complexity index is 364. The van der Waals surface area contributed by atoms with Crippen molar-refractivity contribution in [1.29, 1.82) is 0 Å². The lowest BCUT2D eigenvalue weighted by Crippen LogP contribution is -2.36. The molecule has 0 saturated heterocycles. The lowest BCUT2D eigenvalue weighted by atomic mass is 9.92. The minimum atomic E-state index is -0.231. The van der Waals surface area contributed by atoms with Crippen molar-refractivity contribution < 1.29 is 14.3 Å². The maximum absolute atomic E-state index is 12.2. The quantitative estimate of drug-likeness (QED) is 0.551. The summed E-state index contributed by atoms with van der Waals surface area (Å²) in [5.41, 5.74) is 0. The molecule has 0 aromatic rings. The van der Waals surface area contributed by atoms with Crippen LogP contribution in [0.1, 0.15) is 26.2 Å². The molecule has 0 aliphatic heterocycles. The fourth-order valence-corrected chi connectivity index (χ4v) is 2.95. The topological polar surface area (TPSA) is 46.6 Å². The maximum Gasteiger partial charge on any atom is 0.307 e. The number of esters is 1. The van der Waals surface area contributed by atoms with Crippen LogP contribution in [0.3, 0.4) is 0 Å². The van der Waals surface area contributed by atoms with Crippen LogP contribution < -0.4 is 0 Å². The van der Waals surface area contributed by atoms with Crippen molar-refractivity contribution in [2.45, 2.75) is 26.2 Å². The van der Waals surface area contributed by atoms with Gasteiger partial charge < -0.3 is 9.64 Å². The first kappa shape index (κ1) is 13.1. The Morgan fingerprint density at radius 2 is 2.11 bits per heavy atom. The summed E-state index contributed by atoms with van der Waals surface area (Å²) < 4.78 is 4.86. The van der Waals surface area contributed by atoms with Gasteiger partial charge in [-0.05, 0) is 31.6 Å². The van der Waals surface area contributed by atoms with E-state index in [2.05, 4.69) is 12.2 Å². The van der Waals surface area contributed by atoms with Crippen molar-refractivity contribution in [3.63, 3.8) is 0 Å². The summed E-state index contributed by atoms with van der Waals surface area (Å²) >= 11 is 0. The molecule has 0 spiro atoms.